The van der Waals surface area contributed by atoms with Crippen LogP contribution in [0.15, 0.2) is 12.1 Å². The van der Waals surface area contributed by atoms with Crippen LogP contribution in [0.4, 0.5) is 10.5 Å². The molecule has 0 saturated carbocycles. The molecule has 8 heteroatoms. The molecular weight excluding hydrogens is 328 g/mol. The summed E-state index contributed by atoms with van der Waals surface area (Å²) in [4.78, 5) is 26.0. The number of nitrogens with zero attached hydrogens (tertiary/aromatic N) is 1. The minimum atomic E-state index is -0.871. The number of anilines is 1. The second-order valence-corrected chi connectivity index (χ2v) is 6.58. The maximum Gasteiger partial charge on any atom is 0.408 e. The van der Waals surface area contributed by atoms with E-state index in [2.05, 4.69) is 5.32 Å². The third-order valence-corrected chi connectivity index (χ3v) is 3.55. The third-order valence-electron chi connectivity index (χ3n) is 3.55. The van der Waals surface area contributed by atoms with E-state index in [4.69, 9.17) is 18.9 Å². The van der Waals surface area contributed by atoms with Crippen molar-refractivity contribution in [1.29, 1.82) is 0 Å². The molecule has 138 valence electrons. The van der Waals surface area contributed by atoms with Crippen molar-refractivity contribution in [3.63, 3.8) is 0 Å². The highest BCUT2D eigenvalue weighted by atomic mass is 16.6. The lowest BCUT2D eigenvalue weighted by atomic mass is 10.2. The quantitative estimate of drug-likeness (QED) is 0.895. The highest BCUT2D eigenvalue weighted by molar-refractivity contribution is 6.00. The zero-order chi connectivity index (χ0) is 18.8. The molecule has 0 spiro atoms. The van der Waals surface area contributed by atoms with Gasteiger partial charge in [-0.15, -0.1) is 0 Å². The van der Waals surface area contributed by atoms with E-state index in [1.54, 1.807) is 40.0 Å². The Labute approximate surface area is 147 Å². The first-order valence-corrected chi connectivity index (χ1v) is 7.82. The number of fused-ring (bicyclic) bond motifs is 1. The van der Waals surface area contributed by atoms with Crippen molar-refractivity contribution >= 4 is 17.7 Å². The standard InChI is InChI=1S/C17H24N2O6/c1-17(2,3)25-16(21)18-10-9-24-12-8-14(23-6)13(22-5)7-11(12)19(4)15(10)20/h7-8,10H,9H2,1-6H3,(H,18,21)/t10-/m0/s1. The molecule has 2 amide bonds. The second kappa shape index (κ2) is 7.08. The van der Waals surface area contributed by atoms with Crippen molar-refractivity contribution < 1.29 is 28.5 Å². The maximum absolute atomic E-state index is 12.7. The van der Waals surface area contributed by atoms with Gasteiger partial charge < -0.3 is 29.2 Å². The number of amides is 2. The number of rotatable bonds is 3. The molecule has 1 aliphatic heterocycles. The Bertz CT molecular complexity index is 668. The van der Waals surface area contributed by atoms with E-state index in [-0.39, 0.29) is 12.5 Å². The molecule has 1 aromatic carbocycles. The summed E-state index contributed by atoms with van der Waals surface area (Å²) in [6, 6.07) is 2.43. The number of ether oxygens (including phenoxy) is 4. The van der Waals surface area contributed by atoms with Crippen molar-refractivity contribution in [3.8, 4) is 17.2 Å². The first-order valence-electron chi connectivity index (χ1n) is 7.82. The molecule has 0 aromatic heterocycles. The van der Waals surface area contributed by atoms with E-state index in [9.17, 15) is 9.59 Å². The summed E-state index contributed by atoms with van der Waals surface area (Å²) in [5.41, 5.74) is -0.134. The number of hydrogen-bond donors (Lipinski definition) is 1. The van der Waals surface area contributed by atoms with Gasteiger partial charge in [0.15, 0.2) is 11.5 Å². The third kappa shape index (κ3) is 4.26. The molecule has 1 atom stereocenters. The normalized spacial score (nSPS) is 17.1. The summed E-state index contributed by atoms with van der Waals surface area (Å²) < 4.78 is 21.4. The van der Waals surface area contributed by atoms with Crippen molar-refractivity contribution in [1.82, 2.24) is 5.32 Å². The number of benzene rings is 1. The first kappa shape index (κ1) is 18.7. The van der Waals surface area contributed by atoms with Gasteiger partial charge in [0.05, 0.1) is 19.9 Å². The van der Waals surface area contributed by atoms with Gasteiger partial charge in [0.25, 0.3) is 5.91 Å². The van der Waals surface area contributed by atoms with Gasteiger partial charge in [-0.25, -0.2) is 4.79 Å². The molecule has 0 unspecified atom stereocenters. The van der Waals surface area contributed by atoms with E-state index in [0.29, 0.717) is 22.9 Å². The van der Waals surface area contributed by atoms with E-state index in [0.717, 1.165) is 0 Å². The van der Waals surface area contributed by atoms with Crippen LogP contribution in [0.3, 0.4) is 0 Å². The van der Waals surface area contributed by atoms with Gasteiger partial charge in [0, 0.05) is 19.2 Å². The molecule has 0 saturated heterocycles. The number of carbonyl (C=O) groups excluding carboxylic acids is 2. The van der Waals surface area contributed by atoms with E-state index < -0.39 is 17.7 Å². The Kier molecular flexibility index (Phi) is 5.30. The number of hydrogen-bond acceptors (Lipinski definition) is 6. The molecule has 0 aliphatic carbocycles. The average molecular weight is 352 g/mol. The molecule has 0 fully saturated rings. The number of nitrogens with one attached hydrogen (secondary N) is 1. The zero-order valence-corrected chi connectivity index (χ0v) is 15.3. The van der Waals surface area contributed by atoms with Crippen LogP contribution < -0.4 is 24.4 Å². The van der Waals surface area contributed by atoms with Crippen molar-refractivity contribution in [2.45, 2.75) is 32.4 Å². The fourth-order valence-electron chi connectivity index (χ4n) is 2.38. The first-order chi connectivity index (χ1) is 11.7. The molecule has 2 rings (SSSR count). The molecule has 1 aliphatic rings. The Morgan fingerprint density at radius 1 is 1.24 bits per heavy atom. The maximum atomic E-state index is 12.7. The van der Waals surface area contributed by atoms with Crippen LogP contribution in [0, 0.1) is 0 Å². The highest BCUT2D eigenvalue weighted by Gasteiger charge is 2.32. The molecule has 8 nitrogen and oxygen atoms in total. The predicted octanol–water partition coefficient (Wildman–Crippen LogP) is 1.95. The SMILES string of the molecule is COc1cc2c(cc1OC)N(C)C(=O)[C@@H](NC(=O)OC(C)(C)C)CO2. The summed E-state index contributed by atoms with van der Waals surface area (Å²) in [5.74, 6) is 1.10. The molecule has 1 aromatic rings. The van der Waals surface area contributed by atoms with Gasteiger partial charge >= 0.3 is 6.09 Å². The topological polar surface area (TPSA) is 86.3 Å². The van der Waals surface area contributed by atoms with Crippen LogP contribution in [0.2, 0.25) is 0 Å². The van der Waals surface area contributed by atoms with Crippen LogP contribution >= 0.6 is 0 Å². The second-order valence-electron chi connectivity index (χ2n) is 6.58. The fourth-order valence-corrected chi connectivity index (χ4v) is 2.38. The highest BCUT2D eigenvalue weighted by Crippen LogP contribution is 2.40. The lowest BCUT2D eigenvalue weighted by Crippen LogP contribution is -2.50. The van der Waals surface area contributed by atoms with E-state index in [1.165, 1.54) is 19.1 Å². The fraction of sp³-hybridized carbons (Fsp3) is 0.529. The Morgan fingerprint density at radius 3 is 2.40 bits per heavy atom. The molecule has 25 heavy (non-hydrogen) atoms. The van der Waals surface area contributed by atoms with Crippen molar-refractivity contribution in [3.05, 3.63) is 12.1 Å². The summed E-state index contributed by atoms with van der Waals surface area (Å²) in [6.45, 7) is 5.22. The summed E-state index contributed by atoms with van der Waals surface area (Å²) >= 11 is 0. The van der Waals surface area contributed by atoms with Gasteiger partial charge in [0.1, 0.15) is 24.0 Å². The summed E-state index contributed by atoms with van der Waals surface area (Å²) in [6.07, 6.45) is -0.677. The van der Waals surface area contributed by atoms with Gasteiger partial charge in [0.2, 0.25) is 0 Å². The number of methoxy groups -OCH3 is 2. The lowest BCUT2D eigenvalue weighted by molar-refractivity contribution is -0.120. The van der Waals surface area contributed by atoms with Crippen LogP contribution in [-0.4, -0.2) is 51.5 Å². The molecular formula is C17H24N2O6. The number of carbonyl (C=O) groups is 2. The number of alkyl carbamates (subject to hydrolysis) is 1. The van der Waals surface area contributed by atoms with Crippen molar-refractivity contribution in [2.75, 3.05) is 32.8 Å². The van der Waals surface area contributed by atoms with Gasteiger partial charge in [-0.2, -0.15) is 0 Å². The summed E-state index contributed by atoms with van der Waals surface area (Å²) in [7, 11) is 4.63. The smallest absolute Gasteiger partial charge is 0.408 e. The average Bonchev–Trinajstić information content (AvgIpc) is 2.64. The van der Waals surface area contributed by atoms with Gasteiger partial charge in [-0.05, 0) is 20.8 Å². The van der Waals surface area contributed by atoms with Gasteiger partial charge in [-0.3, -0.25) is 4.79 Å². The van der Waals surface area contributed by atoms with Crippen LogP contribution in [0.1, 0.15) is 20.8 Å². The zero-order valence-electron chi connectivity index (χ0n) is 15.3. The van der Waals surface area contributed by atoms with Gasteiger partial charge in [-0.1, -0.05) is 0 Å². The Morgan fingerprint density at radius 2 is 1.84 bits per heavy atom. The lowest BCUT2D eigenvalue weighted by Gasteiger charge is -2.23. The minimum absolute atomic E-state index is 0.0229. The van der Waals surface area contributed by atoms with Crippen molar-refractivity contribution in [2.24, 2.45) is 0 Å². The van der Waals surface area contributed by atoms with E-state index in [1.807, 2.05) is 0 Å². The molecule has 0 radical (unpaired) electrons. The minimum Gasteiger partial charge on any atom is -0.493 e. The Balaban J connectivity index is 2.24. The monoisotopic (exact) mass is 352 g/mol. The Hall–Kier alpha value is -2.64. The van der Waals surface area contributed by atoms with Crippen LogP contribution in [0.5, 0.6) is 17.2 Å². The van der Waals surface area contributed by atoms with Crippen LogP contribution in [0.25, 0.3) is 0 Å². The molecule has 1 heterocycles. The van der Waals surface area contributed by atoms with E-state index >= 15 is 0 Å². The summed E-state index contributed by atoms with van der Waals surface area (Å²) in [5, 5.41) is 2.55. The molecule has 0 bridgehead atoms. The largest absolute Gasteiger partial charge is 0.493 e. The number of likely N-dealkylation sites (N-methyl/N-ethyl adjacent to an activating group) is 1. The van der Waals surface area contributed by atoms with Crippen LogP contribution in [-0.2, 0) is 9.53 Å². The predicted molar refractivity (Wildman–Crippen MR) is 91.6 cm³/mol. The molecule has 1 N–H and O–H groups in total.